The molecular formula is CH4BCl2S. The lowest BCUT2D eigenvalue weighted by Gasteiger charge is -1.35. The molecule has 0 atom stereocenters. The molecule has 0 rings (SSSR count). The zero-order valence-corrected chi connectivity index (χ0v) is 5.19. The number of hydrogen-bond acceptors (Lipinski definition) is 1. The van der Waals surface area contributed by atoms with E-state index in [1.54, 1.807) is 6.26 Å². The molecule has 0 aliphatic rings. The molecule has 0 spiro atoms. The molecule has 0 saturated heterocycles. The molecule has 0 aromatic heterocycles. The van der Waals surface area contributed by atoms with Gasteiger partial charge in [-0.05, 0) is 6.26 Å². The van der Waals surface area contributed by atoms with E-state index < -0.39 is 0 Å². The molecule has 0 heterocycles. The van der Waals surface area contributed by atoms with E-state index in [2.05, 4.69) is 35.5 Å². The summed E-state index contributed by atoms with van der Waals surface area (Å²) in [5.41, 5.74) is 0. The van der Waals surface area contributed by atoms with Gasteiger partial charge in [-0.2, -0.15) is 35.5 Å². The minimum Gasteiger partial charge on any atom is -0.183 e. The predicted molar refractivity (Wildman–Crippen MR) is 32.4 cm³/mol. The zero-order chi connectivity index (χ0) is 4.71. The van der Waals surface area contributed by atoms with Crippen LogP contribution in [0.15, 0.2) is 0 Å². The topological polar surface area (TPSA) is 0 Å². The molecule has 0 aromatic rings. The van der Waals surface area contributed by atoms with Gasteiger partial charge in [0.25, 0.3) is 0 Å². The van der Waals surface area contributed by atoms with Crippen molar-refractivity contribution in [3.8, 4) is 0 Å². The molecule has 4 heteroatoms. The van der Waals surface area contributed by atoms with Crippen LogP contribution in [0.2, 0.25) is 0 Å². The highest BCUT2D eigenvalue weighted by Crippen LogP contribution is 1.67. The van der Waals surface area contributed by atoms with Crippen LogP contribution < -0.4 is 0 Å². The third-order valence-electron chi connectivity index (χ3n) is 0. The Kier molecular flexibility index (Phi) is 37.5. The standard InChI is InChI=1S/CH4S.BCl2/c1-2;2-1-3/h2H,1H3;. The molecule has 0 bridgehead atoms. The summed E-state index contributed by atoms with van der Waals surface area (Å²) in [6.45, 7) is 0. The van der Waals surface area contributed by atoms with E-state index in [1.807, 2.05) is 0 Å². The summed E-state index contributed by atoms with van der Waals surface area (Å²) in [6, 6.07) is 0. The molecule has 5 heavy (non-hydrogen) atoms. The van der Waals surface area contributed by atoms with Gasteiger partial charge in [-0.3, -0.25) is 0 Å². The first kappa shape index (κ1) is 9.37. The molecular weight excluding hydrogens is 126 g/mol. The smallest absolute Gasteiger partial charge is 0.183 e. The Morgan fingerprint density at radius 2 is 1.40 bits per heavy atom. The maximum atomic E-state index is 4.64. The van der Waals surface area contributed by atoms with Crippen LogP contribution in [0.4, 0.5) is 0 Å². The maximum Gasteiger partial charge on any atom is 0.357 e. The van der Waals surface area contributed by atoms with Crippen molar-refractivity contribution in [1.82, 2.24) is 0 Å². The summed E-state index contributed by atoms with van der Waals surface area (Å²) < 4.78 is 0. The second-order valence-electron chi connectivity index (χ2n) is 0.0825. The molecule has 0 aliphatic heterocycles. The highest BCUT2D eigenvalue weighted by atomic mass is 35.5. The van der Waals surface area contributed by atoms with Gasteiger partial charge in [-0.25, -0.2) is 0 Å². The molecule has 0 N–H and O–H groups in total. The molecule has 1 radical (unpaired) electrons. The Hall–Kier alpha value is 0.995. The molecule has 31 valence electrons. The van der Waals surface area contributed by atoms with E-state index in [9.17, 15) is 0 Å². The van der Waals surface area contributed by atoms with E-state index in [-0.39, 0.29) is 0 Å². The molecule has 0 aromatic carbocycles. The second kappa shape index (κ2) is 20.0. The van der Waals surface area contributed by atoms with Gasteiger partial charge in [-0.15, -0.1) is 0 Å². The van der Waals surface area contributed by atoms with Crippen LogP contribution in [-0.4, -0.2) is 12.4 Å². The fraction of sp³-hybridized carbons (Fsp3) is 1.00. The highest BCUT2D eigenvalue weighted by molar-refractivity contribution is 7.79. The Morgan fingerprint density at radius 1 is 1.40 bits per heavy atom. The van der Waals surface area contributed by atoms with Crippen LogP contribution in [0.3, 0.4) is 0 Å². The Morgan fingerprint density at radius 3 is 1.40 bits per heavy atom. The van der Waals surface area contributed by atoms with Crippen molar-refractivity contribution in [1.29, 1.82) is 0 Å². The second-order valence-corrected chi connectivity index (χ2v) is 0.742. The SMILES string of the molecule is CS.Cl[B]Cl. The van der Waals surface area contributed by atoms with E-state index in [4.69, 9.17) is 0 Å². The average Bonchev–Trinajstić information content (AvgIpc) is 1.46. The molecule has 0 saturated carbocycles. The summed E-state index contributed by atoms with van der Waals surface area (Å²) in [5, 5.41) is 0. The van der Waals surface area contributed by atoms with Gasteiger partial charge in [0.2, 0.25) is 0 Å². The van der Waals surface area contributed by atoms with Crippen molar-refractivity contribution in [3.05, 3.63) is 0 Å². The van der Waals surface area contributed by atoms with Crippen molar-refractivity contribution in [3.63, 3.8) is 0 Å². The summed E-state index contributed by atoms with van der Waals surface area (Å²) in [6.07, 6.45) is 2.64. The number of thiol groups is 1. The van der Waals surface area contributed by atoms with Gasteiger partial charge in [0.1, 0.15) is 0 Å². The van der Waals surface area contributed by atoms with E-state index in [0.29, 0.717) is 0 Å². The van der Waals surface area contributed by atoms with E-state index in [0.717, 1.165) is 6.11 Å². The summed E-state index contributed by atoms with van der Waals surface area (Å²) >= 11 is 12.8. The third-order valence-corrected chi connectivity index (χ3v) is 0. The Balaban J connectivity index is 0. The van der Waals surface area contributed by atoms with Gasteiger partial charge >= 0.3 is 6.11 Å². The average molecular weight is 130 g/mol. The molecule has 0 amide bonds. The zero-order valence-electron chi connectivity index (χ0n) is 2.78. The van der Waals surface area contributed by atoms with Gasteiger partial charge < -0.3 is 0 Å². The van der Waals surface area contributed by atoms with Crippen molar-refractivity contribution >= 4 is 41.7 Å². The van der Waals surface area contributed by atoms with E-state index >= 15 is 0 Å². The summed E-state index contributed by atoms with van der Waals surface area (Å²) in [5.74, 6) is 0. The van der Waals surface area contributed by atoms with Crippen LogP contribution in [0.25, 0.3) is 0 Å². The van der Waals surface area contributed by atoms with Crippen molar-refractivity contribution in [2.45, 2.75) is 0 Å². The first-order chi connectivity index (χ1) is 2.41. The molecule has 0 nitrogen and oxygen atoms in total. The quantitative estimate of drug-likeness (QED) is 0.373. The molecule has 0 aliphatic carbocycles. The number of hydrogen-bond donors (Lipinski definition) is 1. The van der Waals surface area contributed by atoms with Gasteiger partial charge in [0.05, 0.1) is 0 Å². The van der Waals surface area contributed by atoms with Crippen molar-refractivity contribution < 1.29 is 0 Å². The van der Waals surface area contributed by atoms with Crippen LogP contribution in [-0.2, 0) is 0 Å². The van der Waals surface area contributed by atoms with Crippen LogP contribution in [0.1, 0.15) is 0 Å². The Bertz CT molecular complexity index is 9.61. The van der Waals surface area contributed by atoms with Gasteiger partial charge in [-0.1, -0.05) is 0 Å². The predicted octanol–water partition coefficient (Wildman–Crippen LogP) is 1.54. The lowest BCUT2D eigenvalue weighted by atomic mass is 10.7. The van der Waals surface area contributed by atoms with Crippen molar-refractivity contribution in [2.75, 3.05) is 6.26 Å². The minimum atomic E-state index is 0.944. The van der Waals surface area contributed by atoms with Crippen LogP contribution in [0.5, 0.6) is 0 Å². The first-order valence-corrected chi connectivity index (χ1v) is 2.65. The third kappa shape index (κ3) is 45.3. The van der Waals surface area contributed by atoms with Crippen LogP contribution >= 0.6 is 35.5 Å². The lowest BCUT2D eigenvalue weighted by Crippen LogP contribution is -1.36. The van der Waals surface area contributed by atoms with Gasteiger partial charge in [0, 0.05) is 0 Å². The molecule has 0 unspecified atom stereocenters. The first-order valence-electron chi connectivity index (χ1n) is 0.884. The monoisotopic (exact) mass is 129 g/mol. The van der Waals surface area contributed by atoms with Crippen LogP contribution in [0, 0.1) is 0 Å². The lowest BCUT2D eigenvalue weighted by molar-refractivity contribution is 2.55. The summed E-state index contributed by atoms with van der Waals surface area (Å²) in [7, 11) is 0. The number of rotatable bonds is 0. The summed E-state index contributed by atoms with van der Waals surface area (Å²) in [4.78, 5) is 0. The highest BCUT2D eigenvalue weighted by Gasteiger charge is 1.53. The fourth-order valence-corrected chi connectivity index (χ4v) is 0. The maximum absolute atomic E-state index is 4.64. The Labute approximate surface area is 48.3 Å². The van der Waals surface area contributed by atoms with E-state index in [1.165, 1.54) is 0 Å². The minimum absolute atomic E-state index is 0.944. The number of halogens is 2. The molecule has 0 fully saturated rings. The van der Waals surface area contributed by atoms with Gasteiger partial charge in [0.15, 0.2) is 0 Å². The van der Waals surface area contributed by atoms with Crippen molar-refractivity contribution in [2.24, 2.45) is 0 Å². The largest absolute Gasteiger partial charge is 0.357 e. The normalized spacial score (nSPS) is 4.00. The fourth-order valence-electron chi connectivity index (χ4n) is 0.